The Morgan fingerprint density at radius 2 is 2.00 bits per heavy atom. The van der Waals surface area contributed by atoms with Crippen molar-refractivity contribution in [2.75, 3.05) is 5.73 Å². The molecule has 0 aromatic carbocycles. The number of nitrogens with two attached hydrogens (primary N) is 1. The number of rotatable bonds is 2. The molecule has 0 saturated carbocycles. The first-order chi connectivity index (χ1) is 7.50. The summed E-state index contributed by atoms with van der Waals surface area (Å²) in [6, 6.07) is 0. The fraction of sp³-hybridized carbons (Fsp3) is 0.455. The molecule has 0 unspecified atom stereocenters. The third-order valence-electron chi connectivity index (χ3n) is 2.44. The topological polar surface area (TPSA) is 64.9 Å². The number of thiazole rings is 1. The molecule has 2 N–H and O–H groups in total. The van der Waals surface area contributed by atoms with Crippen LogP contribution in [-0.2, 0) is 0 Å². The fourth-order valence-electron chi connectivity index (χ4n) is 1.77. The van der Waals surface area contributed by atoms with Crippen LogP contribution in [0.3, 0.4) is 0 Å². The maximum absolute atomic E-state index is 5.82. The van der Waals surface area contributed by atoms with Crippen molar-refractivity contribution in [2.24, 2.45) is 0 Å². The minimum absolute atomic E-state index is 0.294. The largest absolute Gasteiger partial charge is 0.381 e. The SMILES string of the molecule is Cc1nc(C)c(-c2onc(N)c2C(C)C)s1. The van der Waals surface area contributed by atoms with Crippen molar-refractivity contribution in [3.63, 3.8) is 0 Å². The monoisotopic (exact) mass is 237 g/mol. The van der Waals surface area contributed by atoms with Crippen LogP contribution < -0.4 is 5.73 Å². The van der Waals surface area contributed by atoms with Gasteiger partial charge < -0.3 is 10.3 Å². The molecule has 0 aliphatic heterocycles. The van der Waals surface area contributed by atoms with Crippen LogP contribution in [0.1, 0.15) is 36.0 Å². The van der Waals surface area contributed by atoms with Gasteiger partial charge in [-0.05, 0) is 19.8 Å². The highest BCUT2D eigenvalue weighted by Crippen LogP contribution is 2.37. The fourth-order valence-corrected chi connectivity index (χ4v) is 2.68. The molecule has 5 heteroatoms. The summed E-state index contributed by atoms with van der Waals surface area (Å²) < 4.78 is 5.33. The number of aryl methyl sites for hydroxylation is 2. The molecule has 0 saturated heterocycles. The molecule has 16 heavy (non-hydrogen) atoms. The van der Waals surface area contributed by atoms with Gasteiger partial charge in [0.2, 0.25) is 0 Å². The maximum atomic E-state index is 5.82. The predicted octanol–water partition coefficient (Wildman–Crippen LogP) is 3.12. The third kappa shape index (κ3) is 1.71. The van der Waals surface area contributed by atoms with Crippen molar-refractivity contribution in [3.8, 4) is 10.6 Å². The molecule has 0 aliphatic carbocycles. The molecule has 0 atom stereocenters. The Morgan fingerprint density at radius 1 is 1.31 bits per heavy atom. The summed E-state index contributed by atoms with van der Waals surface area (Å²) >= 11 is 1.61. The number of aromatic nitrogens is 2. The molecule has 0 aliphatic rings. The number of hydrogen-bond acceptors (Lipinski definition) is 5. The molecule has 2 aromatic heterocycles. The molecular formula is C11H15N3OS. The second-order valence-electron chi connectivity index (χ2n) is 4.11. The summed E-state index contributed by atoms with van der Waals surface area (Å²) in [5, 5.41) is 4.87. The van der Waals surface area contributed by atoms with Gasteiger partial charge in [-0.3, -0.25) is 0 Å². The van der Waals surface area contributed by atoms with Gasteiger partial charge in [-0.2, -0.15) is 0 Å². The molecule has 86 valence electrons. The molecule has 2 aromatic rings. The van der Waals surface area contributed by atoms with Crippen LogP contribution in [0, 0.1) is 13.8 Å². The van der Waals surface area contributed by atoms with E-state index in [1.165, 1.54) is 0 Å². The highest BCUT2D eigenvalue weighted by Gasteiger charge is 2.21. The van der Waals surface area contributed by atoms with E-state index in [9.17, 15) is 0 Å². The molecule has 0 fully saturated rings. The zero-order valence-electron chi connectivity index (χ0n) is 9.87. The summed E-state index contributed by atoms with van der Waals surface area (Å²) in [6.45, 7) is 8.11. The Hall–Kier alpha value is -1.36. The maximum Gasteiger partial charge on any atom is 0.184 e. The summed E-state index contributed by atoms with van der Waals surface area (Å²) in [5.74, 6) is 1.55. The number of nitrogens with zero attached hydrogens (tertiary/aromatic N) is 2. The summed E-state index contributed by atoms with van der Waals surface area (Å²) in [7, 11) is 0. The van der Waals surface area contributed by atoms with Crippen molar-refractivity contribution >= 4 is 17.2 Å². The molecular weight excluding hydrogens is 222 g/mol. The van der Waals surface area contributed by atoms with Crippen LogP contribution in [0.5, 0.6) is 0 Å². The minimum atomic E-state index is 0.294. The molecule has 4 nitrogen and oxygen atoms in total. The van der Waals surface area contributed by atoms with E-state index in [1.807, 2.05) is 13.8 Å². The van der Waals surface area contributed by atoms with Gasteiger partial charge in [-0.25, -0.2) is 4.98 Å². The van der Waals surface area contributed by atoms with Crippen LogP contribution in [-0.4, -0.2) is 10.1 Å². The summed E-state index contributed by atoms with van der Waals surface area (Å²) in [5.41, 5.74) is 7.77. The molecule has 0 spiro atoms. The lowest BCUT2D eigenvalue weighted by Crippen LogP contribution is -1.95. The third-order valence-corrected chi connectivity index (χ3v) is 3.51. The Labute approximate surface area is 98.5 Å². The average Bonchev–Trinajstić information content (AvgIpc) is 2.69. The summed E-state index contributed by atoms with van der Waals surface area (Å²) in [4.78, 5) is 5.42. The van der Waals surface area contributed by atoms with Crippen molar-refractivity contribution in [1.29, 1.82) is 0 Å². The van der Waals surface area contributed by atoms with Gasteiger partial charge in [-0.1, -0.05) is 19.0 Å². The van der Waals surface area contributed by atoms with E-state index >= 15 is 0 Å². The first-order valence-corrected chi connectivity index (χ1v) is 6.01. The van der Waals surface area contributed by atoms with Gasteiger partial charge in [0, 0.05) is 5.56 Å². The molecule has 0 amide bonds. The van der Waals surface area contributed by atoms with Crippen molar-refractivity contribution in [1.82, 2.24) is 10.1 Å². The van der Waals surface area contributed by atoms with Crippen LogP contribution in [0.2, 0.25) is 0 Å². The average molecular weight is 237 g/mol. The number of nitrogen functional groups attached to an aromatic ring is 1. The Kier molecular flexibility index (Phi) is 2.71. The first kappa shape index (κ1) is 11.1. The zero-order chi connectivity index (χ0) is 11.9. The van der Waals surface area contributed by atoms with E-state index in [2.05, 4.69) is 24.0 Å². The van der Waals surface area contributed by atoms with Gasteiger partial charge in [-0.15, -0.1) is 11.3 Å². The van der Waals surface area contributed by atoms with Crippen LogP contribution in [0.4, 0.5) is 5.82 Å². The van der Waals surface area contributed by atoms with Gasteiger partial charge in [0.1, 0.15) is 0 Å². The predicted molar refractivity (Wildman–Crippen MR) is 65.6 cm³/mol. The second kappa shape index (κ2) is 3.90. The normalized spacial score (nSPS) is 11.3. The molecule has 0 bridgehead atoms. The molecule has 2 rings (SSSR count). The lowest BCUT2D eigenvalue weighted by atomic mass is 10.0. The van der Waals surface area contributed by atoms with Crippen LogP contribution in [0.15, 0.2) is 4.52 Å². The van der Waals surface area contributed by atoms with Crippen LogP contribution >= 0.6 is 11.3 Å². The van der Waals surface area contributed by atoms with E-state index in [1.54, 1.807) is 11.3 Å². The van der Waals surface area contributed by atoms with Gasteiger partial charge >= 0.3 is 0 Å². The number of hydrogen-bond donors (Lipinski definition) is 1. The Morgan fingerprint density at radius 3 is 2.50 bits per heavy atom. The van der Waals surface area contributed by atoms with Crippen LogP contribution in [0.25, 0.3) is 10.6 Å². The van der Waals surface area contributed by atoms with Crippen molar-refractivity contribution < 1.29 is 4.52 Å². The minimum Gasteiger partial charge on any atom is -0.381 e. The van der Waals surface area contributed by atoms with Gasteiger partial charge in [0.25, 0.3) is 0 Å². The quantitative estimate of drug-likeness (QED) is 0.871. The van der Waals surface area contributed by atoms with E-state index in [0.717, 1.165) is 26.9 Å². The smallest absolute Gasteiger partial charge is 0.184 e. The Bertz CT molecular complexity index is 513. The van der Waals surface area contributed by atoms with Gasteiger partial charge in [0.15, 0.2) is 11.6 Å². The van der Waals surface area contributed by atoms with Crippen molar-refractivity contribution in [3.05, 3.63) is 16.3 Å². The second-order valence-corrected chi connectivity index (χ2v) is 5.32. The summed E-state index contributed by atoms with van der Waals surface area (Å²) in [6.07, 6.45) is 0. The lowest BCUT2D eigenvalue weighted by molar-refractivity contribution is 0.435. The van der Waals surface area contributed by atoms with E-state index in [0.29, 0.717) is 11.7 Å². The standard InChI is InChI=1S/C11H15N3OS/c1-5(2)8-9(15-14-11(8)12)10-6(3)13-7(4)16-10/h5H,1-4H3,(H2,12,14). The first-order valence-electron chi connectivity index (χ1n) is 5.20. The lowest BCUT2D eigenvalue weighted by Gasteiger charge is -2.03. The highest BCUT2D eigenvalue weighted by molar-refractivity contribution is 7.15. The van der Waals surface area contributed by atoms with E-state index < -0.39 is 0 Å². The van der Waals surface area contributed by atoms with E-state index in [4.69, 9.17) is 10.3 Å². The van der Waals surface area contributed by atoms with E-state index in [-0.39, 0.29) is 0 Å². The molecule has 2 heterocycles. The van der Waals surface area contributed by atoms with Crippen molar-refractivity contribution in [2.45, 2.75) is 33.6 Å². The highest BCUT2D eigenvalue weighted by atomic mass is 32.1. The number of anilines is 1. The van der Waals surface area contributed by atoms with Gasteiger partial charge in [0.05, 0.1) is 15.6 Å². The Balaban J connectivity index is 2.60. The molecule has 0 radical (unpaired) electrons. The zero-order valence-corrected chi connectivity index (χ0v) is 10.7.